The molecule has 0 radical (unpaired) electrons. The van der Waals surface area contributed by atoms with Crippen molar-refractivity contribution >= 4 is 18.5 Å². The van der Waals surface area contributed by atoms with Crippen LogP contribution in [-0.2, 0) is 17.2 Å². The predicted molar refractivity (Wildman–Crippen MR) is 66.2 cm³/mol. The van der Waals surface area contributed by atoms with Crippen LogP contribution < -0.4 is 0 Å². The number of hydrogen-bond acceptors (Lipinski definition) is 3. The lowest BCUT2D eigenvalue weighted by molar-refractivity contribution is -0.0195. The smallest absolute Gasteiger partial charge is 0.441 e. The average molecular weight is 243 g/mol. The zero-order valence-corrected chi connectivity index (χ0v) is 10.9. The first-order chi connectivity index (χ1) is 7.72. The van der Waals surface area contributed by atoms with Crippen LogP contribution in [0.15, 0.2) is 4.36 Å². The third-order valence-electron chi connectivity index (χ3n) is 3.38. The topological polar surface area (TPSA) is 38.7 Å². The van der Waals surface area contributed by atoms with Gasteiger partial charge >= 0.3 is 6.09 Å². The molecule has 1 saturated carbocycles. The van der Waals surface area contributed by atoms with Gasteiger partial charge < -0.3 is 4.74 Å². The summed E-state index contributed by atoms with van der Waals surface area (Å²) in [6.07, 6.45) is 9.42. The van der Waals surface area contributed by atoms with Gasteiger partial charge in [0.2, 0.25) is 0 Å². The molecule has 0 N–H and O–H groups in total. The number of unbranched alkanes of at least 4 members (excludes halogenated alkanes) is 2. The van der Waals surface area contributed by atoms with E-state index in [0.29, 0.717) is 0 Å². The summed E-state index contributed by atoms with van der Waals surface area (Å²) in [6.45, 7) is 2.18. The molecule has 0 aromatic carbocycles. The third-order valence-corrected chi connectivity index (χ3v) is 3.53. The summed E-state index contributed by atoms with van der Waals surface area (Å²) in [4.78, 5) is 11.2. The van der Waals surface area contributed by atoms with E-state index in [0.717, 1.165) is 38.5 Å². The van der Waals surface area contributed by atoms with Crippen LogP contribution in [0.1, 0.15) is 64.7 Å². The average Bonchev–Trinajstić information content (AvgIpc) is 2.30. The Morgan fingerprint density at radius 2 is 2.00 bits per heavy atom. The number of rotatable bonds is 5. The maximum absolute atomic E-state index is 11.2. The van der Waals surface area contributed by atoms with Gasteiger partial charge in [0.05, 0.1) is 0 Å². The maximum Gasteiger partial charge on any atom is 0.445 e. The summed E-state index contributed by atoms with van der Waals surface area (Å²) >= 11 is 4.38. The van der Waals surface area contributed by atoms with Crippen molar-refractivity contribution < 1.29 is 9.53 Å². The van der Waals surface area contributed by atoms with Crippen LogP contribution in [-0.4, -0.2) is 11.7 Å². The van der Waals surface area contributed by atoms with E-state index in [4.69, 9.17) is 4.74 Å². The number of hydrogen-bond donors (Lipinski definition) is 0. The molecule has 0 atom stereocenters. The van der Waals surface area contributed by atoms with Crippen molar-refractivity contribution in [3.8, 4) is 0 Å². The molecule has 0 saturated heterocycles. The summed E-state index contributed by atoms with van der Waals surface area (Å²) in [5.41, 5.74) is -0.257. The van der Waals surface area contributed by atoms with Crippen molar-refractivity contribution in [1.82, 2.24) is 0 Å². The fraction of sp³-hybridized carbons (Fsp3) is 0.917. The van der Waals surface area contributed by atoms with Gasteiger partial charge in [-0.1, -0.05) is 26.2 Å². The van der Waals surface area contributed by atoms with Crippen LogP contribution in [0.5, 0.6) is 0 Å². The quantitative estimate of drug-likeness (QED) is 0.681. The molecule has 92 valence electrons. The summed E-state index contributed by atoms with van der Waals surface area (Å²) in [5.74, 6) is 0. The van der Waals surface area contributed by atoms with Gasteiger partial charge in [-0.15, -0.1) is 4.36 Å². The molecule has 1 amide bonds. The van der Waals surface area contributed by atoms with Gasteiger partial charge in [-0.25, -0.2) is 4.79 Å². The lowest BCUT2D eigenvalue weighted by Crippen LogP contribution is -2.36. The molecule has 1 rings (SSSR count). The Morgan fingerprint density at radius 3 is 2.56 bits per heavy atom. The predicted octanol–water partition coefficient (Wildman–Crippen LogP) is 4.14. The SMILES string of the molecule is CCCCCC1(OC(=O)N=S)CCCCC1. The second-order valence-corrected chi connectivity index (χ2v) is 4.84. The van der Waals surface area contributed by atoms with Gasteiger partial charge in [0.1, 0.15) is 5.60 Å². The fourth-order valence-electron chi connectivity index (χ4n) is 2.50. The molecule has 4 heteroatoms. The molecular weight excluding hydrogens is 222 g/mol. The third kappa shape index (κ3) is 4.16. The van der Waals surface area contributed by atoms with Gasteiger partial charge in [0, 0.05) is 12.4 Å². The van der Waals surface area contributed by atoms with E-state index < -0.39 is 6.09 Å². The van der Waals surface area contributed by atoms with Crippen LogP contribution in [0, 0.1) is 0 Å². The molecule has 0 aromatic heterocycles. The first-order valence-electron chi connectivity index (χ1n) is 6.29. The van der Waals surface area contributed by atoms with Crippen LogP contribution in [0.4, 0.5) is 4.79 Å². The second-order valence-electron chi connectivity index (χ2n) is 4.66. The molecule has 1 aliphatic carbocycles. The Bertz CT molecular complexity index is 237. The van der Waals surface area contributed by atoms with Crippen LogP contribution in [0.25, 0.3) is 0 Å². The molecule has 0 heterocycles. The summed E-state index contributed by atoms with van der Waals surface area (Å²) in [5, 5.41) is 0. The number of ether oxygens (including phenoxy) is 1. The Balaban J connectivity index is 2.52. The number of carbonyl (C=O) groups is 1. The zero-order chi connectivity index (χ0) is 11.9. The normalized spacial score (nSPS) is 19.1. The van der Waals surface area contributed by atoms with Crippen molar-refractivity contribution in [2.45, 2.75) is 70.3 Å². The van der Waals surface area contributed by atoms with Gasteiger partial charge in [0.25, 0.3) is 0 Å². The first kappa shape index (κ1) is 13.6. The highest BCUT2D eigenvalue weighted by Gasteiger charge is 2.35. The largest absolute Gasteiger partial charge is 0.445 e. The Morgan fingerprint density at radius 1 is 1.31 bits per heavy atom. The molecule has 0 spiro atoms. The van der Waals surface area contributed by atoms with Crippen molar-refractivity contribution in [2.24, 2.45) is 4.36 Å². The van der Waals surface area contributed by atoms with E-state index in [2.05, 4.69) is 23.7 Å². The minimum atomic E-state index is -0.576. The van der Waals surface area contributed by atoms with Crippen molar-refractivity contribution in [3.63, 3.8) is 0 Å². The Hall–Kier alpha value is -0.510. The molecule has 0 aliphatic heterocycles. The van der Waals surface area contributed by atoms with Crippen LogP contribution in [0.2, 0.25) is 0 Å². The second kappa shape index (κ2) is 6.94. The van der Waals surface area contributed by atoms with Gasteiger partial charge in [0.15, 0.2) is 0 Å². The van der Waals surface area contributed by atoms with E-state index in [9.17, 15) is 4.79 Å². The summed E-state index contributed by atoms with van der Waals surface area (Å²) in [6, 6.07) is 0. The van der Waals surface area contributed by atoms with Gasteiger partial charge in [-0.05, 0) is 38.5 Å². The number of nitrogens with zero attached hydrogens (tertiary/aromatic N) is 1. The van der Waals surface area contributed by atoms with E-state index in [-0.39, 0.29) is 5.60 Å². The maximum atomic E-state index is 11.2. The Kier molecular flexibility index (Phi) is 5.88. The highest BCUT2D eigenvalue weighted by atomic mass is 32.1. The molecule has 0 unspecified atom stereocenters. The van der Waals surface area contributed by atoms with Crippen LogP contribution in [0.3, 0.4) is 0 Å². The van der Waals surface area contributed by atoms with Crippen LogP contribution >= 0.6 is 0 Å². The minimum absolute atomic E-state index is 0.257. The highest BCUT2D eigenvalue weighted by molar-refractivity contribution is 7.47. The van der Waals surface area contributed by atoms with Gasteiger partial charge in [-0.3, -0.25) is 0 Å². The Labute approximate surface area is 103 Å². The van der Waals surface area contributed by atoms with E-state index in [1.54, 1.807) is 0 Å². The number of amides is 1. The summed E-state index contributed by atoms with van der Waals surface area (Å²) in [7, 11) is 0. The molecule has 0 bridgehead atoms. The van der Waals surface area contributed by atoms with E-state index in [1.807, 2.05) is 0 Å². The first-order valence-corrected chi connectivity index (χ1v) is 6.65. The molecule has 0 aromatic rings. The van der Waals surface area contributed by atoms with Crippen molar-refractivity contribution in [2.75, 3.05) is 0 Å². The molecule has 1 aliphatic rings. The highest BCUT2D eigenvalue weighted by Crippen LogP contribution is 2.36. The van der Waals surface area contributed by atoms with E-state index in [1.165, 1.54) is 19.3 Å². The minimum Gasteiger partial charge on any atom is -0.441 e. The lowest BCUT2D eigenvalue weighted by Gasteiger charge is -2.36. The van der Waals surface area contributed by atoms with Crippen molar-refractivity contribution in [3.05, 3.63) is 0 Å². The fourth-order valence-corrected chi connectivity index (χ4v) is 2.54. The zero-order valence-electron chi connectivity index (χ0n) is 10.0. The monoisotopic (exact) mass is 243 g/mol. The van der Waals surface area contributed by atoms with E-state index >= 15 is 0 Å². The van der Waals surface area contributed by atoms with Crippen molar-refractivity contribution in [1.29, 1.82) is 0 Å². The molecule has 16 heavy (non-hydrogen) atoms. The van der Waals surface area contributed by atoms with Gasteiger partial charge in [-0.2, -0.15) is 0 Å². The summed E-state index contributed by atoms with van der Waals surface area (Å²) < 4.78 is 8.64. The standard InChI is InChI=1S/C12H21NO2S/c1-2-3-5-8-12(15-11(14)13-16)9-6-4-7-10-12/h2-10H2,1H3. The molecule has 3 nitrogen and oxygen atoms in total. The molecule has 1 fully saturated rings. The molecular formula is C12H21NO2S. The lowest BCUT2D eigenvalue weighted by atomic mass is 9.81. The number of carbonyl (C=O) groups excluding carboxylic acids is 1.